The van der Waals surface area contributed by atoms with Crippen molar-refractivity contribution in [2.24, 2.45) is 0 Å². The number of amides is 2. The Labute approximate surface area is 261 Å². The molecular formula is C33H34BrN3O5S. The summed E-state index contributed by atoms with van der Waals surface area (Å²) in [6, 6.07) is 28.9. The number of aryl methyl sites for hydroxylation is 1. The normalized spacial score (nSPS) is 11.8. The smallest absolute Gasteiger partial charge is 0.264 e. The molecule has 8 nitrogen and oxygen atoms in total. The minimum atomic E-state index is -4.16. The van der Waals surface area contributed by atoms with Gasteiger partial charge in [0.15, 0.2) is 0 Å². The second kappa shape index (κ2) is 14.3. The number of nitrogens with zero attached hydrogens (tertiary/aromatic N) is 2. The predicted molar refractivity (Wildman–Crippen MR) is 171 cm³/mol. The van der Waals surface area contributed by atoms with Crippen LogP contribution >= 0.6 is 15.9 Å². The van der Waals surface area contributed by atoms with E-state index in [9.17, 15) is 18.0 Å². The first-order valence-corrected chi connectivity index (χ1v) is 15.9. The summed E-state index contributed by atoms with van der Waals surface area (Å²) in [5.41, 5.74) is 2.81. The molecule has 0 aliphatic carbocycles. The third-order valence-corrected chi connectivity index (χ3v) is 9.32. The van der Waals surface area contributed by atoms with E-state index in [2.05, 4.69) is 21.2 Å². The number of hydrogen-bond donors (Lipinski definition) is 1. The monoisotopic (exact) mass is 663 g/mol. The van der Waals surface area contributed by atoms with E-state index < -0.39 is 28.5 Å². The van der Waals surface area contributed by atoms with Crippen molar-refractivity contribution < 1.29 is 22.7 Å². The first kappa shape index (κ1) is 31.8. The minimum absolute atomic E-state index is 0.0553. The highest BCUT2D eigenvalue weighted by molar-refractivity contribution is 9.10. The number of nitrogens with one attached hydrogen (secondary N) is 1. The lowest BCUT2D eigenvalue weighted by molar-refractivity contribution is -0.139. The number of rotatable bonds is 12. The summed E-state index contributed by atoms with van der Waals surface area (Å²) in [6.07, 6.45) is 0.235. The number of likely N-dealkylation sites (N-methyl/N-ethyl adjacent to an activating group) is 1. The van der Waals surface area contributed by atoms with Crippen LogP contribution < -0.4 is 14.4 Å². The summed E-state index contributed by atoms with van der Waals surface area (Å²) < 4.78 is 35.3. The van der Waals surface area contributed by atoms with Crippen molar-refractivity contribution in [2.75, 3.05) is 25.0 Å². The van der Waals surface area contributed by atoms with E-state index in [1.54, 1.807) is 61.7 Å². The first-order valence-electron chi connectivity index (χ1n) is 13.6. The predicted octanol–water partition coefficient (Wildman–Crippen LogP) is 5.35. The van der Waals surface area contributed by atoms with Crippen molar-refractivity contribution in [3.63, 3.8) is 0 Å². The lowest BCUT2D eigenvalue weighted by atomic mass is 10.0. The van der Waals surface area contributed by atoms with E-state index in [1.165, 1.54) is 24.1 Å². The Bertz CT molecular complexity index is 1650. The van der Waals surface area contributed by atoms with Crippen LogP contribution in [-0.2, 0) is 32.6 Å². The van der Waals surface area contributed by atoms with Crippen molar-refractivity contribution in [1.29, 1.82) is 0 Å². The number of methoxy groups -OCH3 is 1. The molecule has 0 heterocycles. The Kier molecular flexibility index (Phi) is 10.6. The highest BCUT2D eigenvalue weighted by Gasteiger charge is 2.34. The van der Waals surface area contributed by atoms with Crippen LogP contribution in [0.15, 0.2) is 112 Å². The molecule has 224 valence electrons. The Hall–Kier alpha value is -4.15. The number of halogens is 1. The first-order chi connectivity index (χ1) is 20.6. The minimum Gasteiger partial charge on any atom is -0.497 e. The van der Waals surface area contributed by atoms with Gasteiger partial charge in [0.25, 0.3) is 10.0 Å². The maximum absolute atomic E-state index is 14.3. The number of benzene rings is 4. The molecule has 43 heavy (non-hydrogen) atoms. The van der Waals surface area contributed by atoms with Gasteiger partial charge in [0.1, 0.15) is 18.3 Å². The average molecular weight is 665 g/mol. The van der Waals surface area contributed by atoms with Gasteiger partial charge in [0, 0.05) is 24.5 Å². The fraction of sp³-hybridized carbons (Fsp3) is 0.212. The molecule has 2 amide bonds. The van der Waals surface area contributed by atoms with Gasteiger partial charge in [-0.05, 0) is 66.6 Å². The van der Waals surface area contributed by atoms with Crippen LogP contribution in [0.4, 0.5) is 5.69 Å². The molecule has 4 rings (SSSR count). The highest BCUT2D eigenvalue weighted by atomic mass is 79.9. The second-order valence-corrected chi connectivity index (χ2v) is 12.8. The Morgan fingerprint density at radius 3 is 2.16 bits per heavy atom. The Balaban J connectivity index is 1.79. The van der Waals surface area contributed by atoms with Gasteiger partial charge < -0.3 is 15.0 Å². The van der Waals surface area contributed by atoms with Crippen LogP contribution in [0.2, 0.25) is 0 Å². The standard InChI is InChI=1S/C33H34BrN3O5S/c1-24-12-18-30(19-13-24)43(40,41)37(28-16-14-27(34)15-17-28)23-32(38)36(22-26-10-7-11-29(20-26)42-3)31(33(39)35-2)21-25-8-5-4-6-9-25/h4-20,31H,21-23H2,1-3H3,(H,35,39)/t31-/m1/s1. The highest BCUT2D eigenvalue weighted by Crippen LogP contribution is 2.27. The van der Waals surface area contributed by atoms with Crippen LogP contribution in [-0.4, -0.2) is 51.9 Å². The van der Waals surface area contributed by atoms with Gasteiger partial charge in [-0.15, -0.1) is 0 Å². The van der Waals surface area contributed by atoms with Crippen molar-refractivity contribution in [3.8, 4) is 5.75 Å². The van der Waals surface area contributed by atoms with Crippen molar-refractivity contribution in [1.82, 2.24) is 10.2 Å². The van der Waals surface area contributed by atoms with Crippen molar-refractivity contribution in [2.45, 2.75) is 30.8 Å². The van der Waals surface area contributed by atoms with E-state index in [-0.39, 0.29) is 23.8 Å². The molecule has 0 aliphatic heterocycles. The zero-order valence-corrected chi connectivity index (χ0v) is 26.6. The lowest BCUT2D eigenvalue weighted by Gasteiger charge is -2.33. The van der Waals surface area contributed by atoms with E-state index in [1.807, 2.05) is 43.3 Å². The van der Waals surface area contributed by atoms with Gasteiger partial charge in [0.05, 0.1) is 17.7 Å². The Morgan fingerprint density at radius 1 is 0.884 bits per heavy atom. The van der Waals surface area contributed by atoms with E-state index in [0.29, 0.717) is 11.4 Å². The second-order valence-electron chi connectivity index (χ2n) is 9.99. The molecule has 0 aromatic heterocycles. The molecule has 0 saturated heterocycles. The van der Waals surface area contributed by atoms with Gasteiger partial charge in [-0.1, -0.05) is 76.1 Å². The zero-order valence-electron chi connectivity index (χ0n) is 24.2. The molecule has 10 heteroatoms. The Morgan fingerprint density at radius 2 is 1.53 bits per heavy atom. The SMILES string of the molecule is CNC(=O)[C@@H](Cc1ccccc1)N(Cc1cccc(OC)c1)C(=O)CN(c1ccc(Br)cc1)S(=O)(=O)c1ccc(C)cc1. The molecule has 0 bridgehead atoms. The summed E-state index contributed by atoms with van der Waals surface area (Å²) in [5.74, 6) is -0.300. The lowest BCUT2D eigenvalue weighted by Crippen LogP contribution is -2.53. The largest absolute Gasteiger partial charge is 0.497 e. The number of carbonyl (C=O) groups excluding carboxylic acids is 2. The maximum Gasteiger partial charge on any atom is 0.264 e. The van der Waals surface area contributed by atoms with Gasteiger partial charge in [-0.25, -0.2) is 8.42 Å². The summed E-state index contributed by atoms with van der Waals surface area (Å²) in [4.78, 5) is 29.2. The molecule has 0 spiro atoms. The topological polar surface area (TPSA) is 96.0 Å². The van der Waals surface area contributed by atoms with Gasteiger partial charge in [-0.2, -0.15) is 0 Å². The molecule has 0 fully saturated rings. The van der Waals surface area contributed by atoms with Crippen LogP contribution in [0.5, 0.6) is 5.75 Å². The van der Waals surface area contributed by atoms with Gasteiger partial charge in [0.2, 0.25) is 11.8 Å². The molecule has 4 aromatic carbocycles. The zero-order chi connectivity index (χ0) is 31.0. The van der Waals surface area contributed by atoms with Gasteiger partial charge in [-0.3, -0.25) is 13.9 Å². The summed E-state index contributed by atoms with van der Waals surface area (Å²) in [5, 5.41) is 2.69. The van der Waals surface area contributed by atoms with Crippen LogP contribution in [0.3, 0.4) is 0 Å². The van der Waals surface area contributed by atoms with Crippen LogP contribution in [0.1, 0.15) is 16.7 Å². The number of carbonyl (C=O) groups is 2. The molecule has 1 N–H and O–H groups in total. The summed E-state index contributed by atoms with van der Waals surface area (Å²) >= 11 is 3.40. The van der Waals surface area contributed by atoms with Gasteiger partial charge >= 0.3 is 0 Å². The number of anilines is 1. The van der Waals surface area contributed by atoms with E-state index in [4.69, 9.17) is 4.74 Å². The molecule has 0 saturated carbocycles. The maximum atomic E-state index is 14.3. The third kappa shape index (κ3) is 8.03. The summed E-state index contributed by atoms with van der Waals surface area (Å²) in [7, 11) is -1.09. The molecule has 0 radical (unpaired) electrons. The van der Waals surface area contributed by atoms with Crippen molar-refractivity contribution in [3.05, 3.63) is 124 Å². The van der Waals surface area contributed by atoms with E-state index in [0.717, 1.165) is 25.5 Å². The fourth-order valence-corrected chi connectivity index (χ4v) is 6.34. The van der Waals surface area contributed by atoms with Crippen molar-refractivity contribution >= 4 is 43.5 Å². The number of ether oxygens (including phenoxy) is 1. The van der Waals surface area contributed by atoms with Crippen LogP contribution in [0, 0.1) is 6.92 Å². The third-order valence-electron chi connectivity index (χ3n) is 7.01. The fourth-order valence-electron chi connectivity index (χ4n) is 4.66. The van der Waals surface area contributed by atoms with E-state index >= 15 is 0 Å². The number of hydrogen-bond acceptors (Lipinski definition) is 5. The molecule has 4 aromatic rings. The number of sulfonamides is 1. The average Bonchev–Trinajstić information content (AvgIpc) is 3.02. The molecule has 0 unspecified atom stereocenters. The summed E-state index contributed by atoms with van der Waals surface area (Å²) in [6.45, 7) is 1.40. The molecule has 0 aliphatic rings. The van der Waals surface area contributed by atoms with Crippen LogP contribution in [0.25, 0.3) is 0 Å². The quantitative estimate of drug-likeness (QED) is 0.221. The molecular weight excluding hydrogens is 630 g/mol. The molecule has 1 atom stereocenters.